The third-order valence-corrected chi connectivity index (χ3v) is 5.98. The Morgan fingerprint density at radius 1 is 1.06 bits per heavy atom. The Kier molecular flexibility index (Phi) is 7.39. The lowest BCUT2D eigenvalue weighted by Gasteiger charge is -2.18. The molecule has 3 rings (SSSR count). The Bertz CT molecular complexity index is 1190. The monoisotopic (exact) mass is 461 g/mol. The molecule has 0 saturated carbocycles. The summed E-state index contributed by atoms with van der Waals surface area (Å²) in [4.78, 5) is 23.9. The summed E-state index contributed by atoms with van der Waals surface area (Å²) in [6.07, 6.45) is 1.19. The minimum absolute atomic E-state index is 0.0391. The molecule has 1 N–H and O–H groups in total. The number of halogens is 1. The predicted octanol–water partition coefficient (Wildman–Crippen LogP) is 2.84. The van der Waals surface area contributed by atoms with Gasteiger partial charge in [-0.2, -0.15) is 4.72 Å². The van der Waals surface area contributed by atoms with Crippen molar-refractivity contribution < 1.29 is 36.3 Å². The van der Waals surface area contributed by atoms with E-state index in [2.05, 4.69) is 9.46 Å². The maximum absolute atomic E-state index is 14.1. The molecule has 0 unspecified atom stereocenters. The van der Waals surface area contributed by atoms with E-state index in [1.54, 1.807) is 30.3 Å². The van der Waals surface area contributed by atoms with Crippen LogP contribution in [0.25, 0.3) is 0 Å². The summed E-state index contributed by atoms with van der Waals surface area (Å²) in [5.74, 6) is -2.74. The normalized spacial score (nSPS) is 12.2. The van der Waals surface area contributed by atoms with Crippen LogP contribution in [-0.2, 0) is 37.3 Å². The summed E-state index contributed by atoms with van der Waals surface area (Å²) in [5, 5.41) is 0. The number of sulfonamides is 1. The summed E-state index contributed by atoms with van der Waals surface area (Å²) in [6, 6.07) is 13.6. The van der Waals surface area contributed by atoms with E-state index in [1.807, 2.05) is 0 Å². The summed E-state index contributed by atoms with van der Waals surface area (Å²) >= 11 is 0. The number of hydrogen-bond donors (Lipinski definition) is 1. The molecule has 1 heterocycles. The number of benzene rings is 2. The minimum Gasteiger partial charge on any atom is -0.463 e. The molecule has 0 amide bonds. The molecule has 0 radical (unpaired) electrons. The second-order valence-corrected chi connectivity index (χ2v) is 8.35. The van der Waals surface area contributed by atoms with Crippen LogP contribution in [0.2, 0.25) is 0 Å². The number of nitrogens with one attached hydrogen (secondary N) is 1. The summed E-state index contributed by atoms with van der Waals surface area (Å²) in [6.45, 7) is -0.355. The number of furan rings is 1. The molecule has 3 aromatic rings. The van der Waals surface area contributed by atoms with Gasteiger partial charge in [0.05, 0.1) is 13.4 Å². The number of esters is 2. The van der Waals surface area contributed by atoms with Gasteiger partial charge in [0, 0.05) is 5.56 Å². The van der Waals surface area contributed by atoms with Gasteiger partial charge in [0.1, 0.15) is 23.4 Å². The number of methoxy groups -OCH3 is 1. The number of ether oxygens (including phenoxy) is 2. The van der Waals surface area contributed by atoms with E-state index in [-0.39, 0.29) is 24.4 Å². The molecule has 10 heteroatoms. The average molecular weight is 461 g/mol. The van der Waals surface area contributed by atoms with Crippen LogP contribution >= 0.6 is 0 Å². The Balaban J connectivity index is 1.81. The highest BCUT2D eigenvalue weighted by atomic mass is 32.2. The first-order valence-electron chi connectivity index (χ1n) is 9.44. The largest absolute Gasteiger partial charge is 0.463 e. The van der Waals surface area contributed by atoms with Crippen LogP contribution in [0.5, 0.6) is 0 Å². The number of hydrogen-bond acceptors (Lipinski definition) is 7. The molecule has 1 aromatic heterocycles. The molecule has 0 spiro atoms. The van der Waals surface area contributed by atoms with Crippen molar-refractivity contribution >= 4 is 22.0 Å². The van der Waals surface area contributed by atoms with Gasteiger partial charge in [-0.1, -0.05) is 42.5 Å². The Morgan fingerprint density at radius 2 is 1.75 bits per heavy atom. The second kappa shape index (κ2) is 10.2. The van der Waals surface area contributed by atoms with Crippen LogP contribution < -0.4 is 4.72 Å². The van der Waals surface area contributed by atoms with Gasteiger partial charge in [-0.25, -0.2) is 17.6 Å². The first-order chi connectivity index (χ1) is 15.3. The molecule has 0 bridgehead atoms. The topological polar surface area (TPSA) is 112 Å². The molecule has 0 saturated heterocycles. The van der Waals surface area contributed by atoms with Gasteiger partial charge in [-0.3, -0.25) is 4.79 Å². The maximum atomic E-state index is 14.1. The zero-order valence-corrected chi connectivity index (χ0v) is 17.8. The molecule has 0 aliphatic carbocycles. The molecule has 32 heavy (non-hydrogen) atoms. The molecular formula is C22H20FNO7S. The van der Waals surface area contributed by atoms with Crippen molar-refractivity contribution in [1.82, 2.24) is 4.72 Å². The van der Waals surface area contributed by atoms with E-state index in [0.29, 0.717) is 5.56 Å². The molecule has 168 valence electrons. The SMILES string of the molecule is COC(=O)c1occc1COC(=O)[C@H](Cc1ccccc1)NS(=O)(=O)c1ccccc1F. The zero-order chi connectivity index (χ0) is 23.1. The van der Waals surface area contributed by atoms with Crippen molar-refractivity contribution in [1.29, 1.82) is 0 Å². The fourth-order valence-corrected chi connectivity index (χ4v) is 4.17. The summed E-state index contributed by atoms with van der Waals surface area (Å²) in [5.41, 5.74) is 0.907. The molecule has 0 fully saturated rings. The average Bonchev–Trinajstić information content (AvgIpc) is 3.26. The van der Waals surface area contributed by atoms with E-state index in [0.717, 1.165) is 12.1 Å². The Hall–Kier alpha value is -3.50. The Morgan fingerprint density at radius 3 is 2.44 bits per heavy atom. The lowest BCUT2D eigenvalue weighted by Crippen LogP contribution is -2.43. The lowest BCUT2D eigenvalue weighted by molar-refractivity contribution is -0.147. The Labute approximate surface area is 184 Å². The van der Waals surface area contributed by atoms with Gasteiger partial charge in [0.15, 0.2) is 0 Å². The van der Waals surface area contributed by atoms with E-state index in [1.165, 1.54) is 31.6 Å². The standard InChI is InChI=1S/C22H20FNO7S/c1-29-22(26)20-16(11-12-30-20)14-31-21(25)18(13-15-7-3-2-4-8-15)24-32(27,28)19-10-6-5-9-17(19)23/h2-12,18,24H,13-14H2,1H3/t18-/m0/s1. The molecule has 0 aliphatic heterocycles. The maximum Gasteiger partial charge on any atom is 0.374 e. The van der Waals surface area contributed by atoms with E-state index >= 15 is 0 Å². The minimum atomic E-state index is -4.37. The summed E-state index contributed by atoms with van der Waals surface area (Å²) < 4.78 is 56.6. The van der Waals surface area contributed by atoms with E-state index in [9.17, 15) is 22.4 Å². The lowest BCUT2D eigenvalue weighted by atomic mass is 10.1. The zero-order valence-electron chi connectivity index (χ0n) is 17.0. The number of carbonyl (C=O) groups excluding carboxylic acids is 2. The van der Waals surface area contributed by atoms with Crippen molar-refractivity contribution in [2.24, 2.45) is 0 Å². The van der Waals surface area contributed by atoms with Crippen LogP contribution in [0.15, 0.2) is 76.2 Å². The number of rotatable bonds is 9. The van der Waals surface area contributed by atoms with Crippen LogP contribution in [-0.4, -0.2) is 33.5 Å². The molecule has 1 atom stereocenters. The summed E-state index contributed by atoms with van der Waals surface area (Å²) in [7, 11) is -3.20. The van der Waals surface area contributed by atoms with Gasteiger partial charge in [-0.15, -0.1) is 0 Å². The molecule has 8 nitrogen and oxygen atoms in total. The van der Waals surface area contributed by atoms with Crippen molar-refractivity contribution in [2.75, 3.05) is 7.11 Å². The van der Waals surface area contributed by atoms with E-state index in [4.69, 9.17) is 9.15 Å². The fraction of sp³-hybridized carbons (Fsp3) is 0.182. The van der Waals surface area contributed by atoms with Crippen LogP contribution in [0, 0.1) is 5.82 Å². The van der Waals surface area contributed by atoms with Crippen molar-refractivity contribution in [2.45, 2.75) is 24.0 Å². The third-order valence-electron chi connectivity index (χ3n) is 4.48. The number of carbonyl (C=O) groups is 2. The smallest absolute Gasteiger partial charge is 0.374 e. The third kappa shape index (κ3) is 5.59. The van der Waals surface area contributed by atoms with Crippen LogP contribution in [0.1, 0.15) is 21.7 Å². The highest BCUT2D eigenvalue weighted by Crippen LogP contribution is 2.17. The highest BCUT2D eigenvalue weighted by molar-refractivity contribution is 7.89. The molecule has 2 aromatic carbocycles. The van der Waals surface area contributed by atoms with Gasteiger partial charge in [0.2, 0.25) is 15.8 Å². The first-order valence-corrected chi connectivity index (χ1v) is 10.9. The molecular weight excluding hydrogens is 441 g/mol. The van der Waals surface area contributed by atoms with Crippen LogP contribution in [0.4, 0.5) is 4.39 Å². The van der Waals surface area contributed by atoms with Crippen molar-refractivity contribution in [3.8, 4) is 0 Å². The first kappa shape index (κ1) is 23.2. The highest BCUT2D eigenvalue weighted by Gasteiger charge is 2.29. The van der Waals surface area contributed by atoms with Gasteiger partial charge in [-0.05, 0) is 30.2 Å². The van der Waals surface area contributed by atoms with Crippen molar-refractivity contribution in [3.05, 3.63) is 89.6 Å². The van der Waals surface area contributed by atoms with E-state index < -0.39 is 38.7 Å². The van der Waals surface area contributed by atoms with Gasteiger partial charge < -0.3 is 13.9 Å². The van der Waals surface area contributed by atoms with Crippen molar-refractivity contribution in [3.63, 3.8) is 0 Å². The van der Waals surface area contributed by atoms with Crippen LogP contribution in [0.3, 0.4) is 0 Å². The quantitative estimate of drug-likeness (QED) is 0.488. The second-order valence-electron chi connectivity index (χ2n) is 6.67. The fourth-order valence-electron chi connectivity index (χ4n) is 2.91. The molecule has 0 aliphatic rings. The van der Waals surface area contributed by atoms with Gasteiger partial charge >= 0.3 is 11.9 Å². The predicted molar refractivity (Wildman–Crippen MR) is 110 cm³/mol. The van der Waals surface area contributed by atoms with Gasteiger partial charge in [0.25, 0.3) is 0 Å².